The van der Waals surface area contributed by atoms with Crippen LogP contribution in [0.5, 0.6) is 0 Å². The van der Waals surface area contributed by atoms with Gasteiger partial charge in [-0.1, -0.05) is 12.0 Å². The minimum absolute atomic E-state index is 0.448. The molecule has 2 heterocycles. The van der Waals surface area contributed by atoms with Gasteiger partial charge in [-0.15, -0.1) is 17.8 Å². The lowest BCUT2D eigenvalue weighted by atomic mass is 10.1. The van der Waals surface area contributed by atoms with Crippen LogP contribution in [0.2, 0.25) is 0 Å². The molecular formula is C15H14N2OS. The highest BCUT2D eigenvalue weighted by molar-refractivity contribution is 7.13. The number of nitrogens with zero attached hydrogens (tertiary/aromatic N) is 1. The SMILES string of the molecule is C#Cc1cccc(Nc2nc(C3CCOC3)cs2)c1. The molecule has 0 saturated carbocycles. The molecule has 1 aromatic carbocycles. The van der Waals surface area contributed by atoms with Crippen LogP contribution in [0.15, 0.2) is 29.6 Å². The molecule has 0 radical (unpaired) electrons. The summed E-state index contributed by atoms with van der Waals surface area (Å²) in [4.78, 5) is 4.62. The van der Waals surface area contributed by atoms with Gasteiger partial charge in [-0.25, -0.2) is 4.98 Å². The van der Waals surface area contributed by atoms with E-state index in [4.69, 9.17) is 11.2 Å². The number of anilines is 2. The minimum atomic E-state index is 0.448. The van der Waals surface area contributed by atoms with E-state index in [1.807, 2.05) is 24.3 Å². The molecule has 1 saturated heterocycles. The number of rotatable bonds is 3. The second-order valence-corrected chi connectivity index (χ2v) is 5.35. The van der Waals surface area contributed by atoms with Gasteiger partial charge in [-0.3, -0.25) is 0 Å². The van der Waals surface area contributed by atoms with E-state index in [1.54, 1.807) is 11.3 Å². The Balaban J connectivity index is 1.74. The predicted octanol–water partition coefficient (Wildman–Crippen LogP) is 3.37. The molecule has 1 N–H and O–H groups in total. The number of terminal acetylenes is 1. The van der Waals surface area contributed by atoms with Gasteiger partial charge in [0.05, 0.1) is 12.3 Å². The zero-order chi connectivity index (χ0) is 13.1. The molecule has 1 unspecified atom stereocenters. The molecule has 1 atom stereocenters. The van der Waals surface area contributed by atoms with Crippen LogP contribution >= 0.6 is 11.3 Å². The number of aromatic nitrogens is 1. The van der Waals surface area contributed by atoms with E-state index in [-0.39, 0.29) is 0 Å². The van der Waals surface area contributed by atoms with Crippen LogP contribution in [0.1, 0.15) is 23.6 Å². The molecule has 0 aliphatic carbocycles. The van der Waals surface area contributed by atoms with Crippen molar-refractivity contribution in [1.82, 2.24) is 4.98 Å². The van der Waals surface area contributed by atoms with Gasteiger partial charge in [0.15, 0.2) is 5.13 Å². The van der Waals surface area contributed by atoms with Crippen LogP contribution < -0.4 is 5.32 Å². The first-order chi connectivity index (χ1) is 9.35. The van der Waals surface area contributed by atoms with Crippen LogP contribution in [0, 0.1) is 12.3 Å². The number of hydrogen-bond donors (Lipinski definition) is 1. The third-order valence-corrected chi connectivity index (χ3v) is 3.93. The molecule has 3 rings (SSSR count). The average molecular weight is 270 g/mol. The fraction of sp³-hybridized carbons (Fsp3) is 0.267. The predicted molar refractivity (Wildman–Crippen MR) is 78.0 cm³/mol. The van der Waals surface area contributed by atoms with Gasteiger partial charge in [-0.05, 0) is 24.6 Å². The Morgan fingerprint density at radius 2 is 2.42 bits per heavy atom. The third kappa shape index (κ3) is 2.78. The van der Waals surface area contributed by atoms with Crippen molar-refractivity contribution in [3.63, 3.8) is 0 Å². The third-order valence-electron chi connectivity index (χ3n) is 3.15. The lowest BCUT2D eigenvalue weighted by molar-refractivity contribution is 0.193. The smallest absolute Gasteiger partial charge is 0.187 e. The number of nitrogens with one attached hydrogen (secondary N) is 1. The first-order valence-corrected chi connectivity index (χ1v) is 7.10. The van der Waals surface area contributed by atoms with Gasteiger partial charge in [-0.2, -0.15) is 0 Å². The molecule has 19 heavy (non-hydrogen) atoms. The van der Waals surface area contributed by atoms with E-state index in [1.165, 1.54) is 0 Å². The van der Waals surface area contributed by atoms with E-state index >= 15 is 0 Å². The zero-order valence-electron chi connectivity index (χ0n) is 10.4. The van der Waals surface area contributed by atoms with Crippen molar-refractivity contribution in [2.24, 2.45) is 0 Å². The summed E-state index contributed by atoms with van der Waals surface area (Å²) in [5.41, 5.74) is 2.96. The van der Waals surface area contributed by atoms with Crippen molar-refractivity contribution in [3.05, 3.63) is 40.9 Å². The van der Waals surface area contributed by atoms with Crippen LogP contribution in [0.4, 0.5) is 10.8 Å². The Labute approximate surface area is 116 Å². The lowest BCUT2D eigenvalue weighted by Gasteiger charge is -2.04. The monoisotopic (exact) mass is 270 g/mol. The molecule has 0 spiro atoms. The van der Waals surface area contributed by atoms with Crippen molar-refractivity contribution in [2.45, 2.75) is 12.3 Å². The highest BCUT2D eigenvalue weighted by Gasteiger charge is 2.20. The first kappa shape index (κ1) is 12.2. The molecule has 1 aliphatic heterocycles. The Morgan fingerprint density at radius 1 is 1.47 bits per heavy atom. The lowest BCUT2D eigenvalue weighted by Crippen LogP contribution is -1.98. The summed E-state index contributed by atoms with van der Waals surface area (Å²) in [5, 5.41) is 6.30. The molecule has 1 fully saturated rings. The Hall–Kier alpha value is -1.83. The van der Waals surface area contributed by atoms with E-state index in [0.29, 0.717) is 5.92 Å². The van der Waals surface area contributed by atoms with Crippen LogP contribution in [-0.2, 0) is 4.74 Å². The van der Waals surface area contributed by atoms with Gasteiger partial charge in [0.2, 0.25) is 0 Å². The maximum absolute atomic E-state index is 5.39. The summed E-state index contributed by atoms with van der Waals surface area (Å²) in [6, 6.07) is 7.78. The Morgan fingerprint density at radius 3 is 3.21 bits per heavy atom. The summed E-state index contributed by atoms with van der Waals surface area (Å²) >= 11 is 1.62. The summed E-state index contributed by atoms with van der Waals surface area (Å²) < 4.78 is 5.39. The van der Waals surface area contributed by atoms with Crippen molar-refractivity contribution in [1.29, 1.82) is 0 Å². The van der Waals surface area contributed by atoms with Crippen LogP contribution in [0.25, 0.3) is 0 Å². The Bertz CT molecular complexity index is 609. The molecule has 96 valence electrons. The van der Waals surface area contributed by atoms with E-state index < -0.39 is 0 Å². The average Bonchev–Trinajstić information content (AvgIpc) is 3.09. The standard InChI is InChI=1S/C15H14N2OS/c1-2-11-4-3-5-13(8-11)16-15-17-14(10-19-15)12-6-7-18-9-12/h1,3-5,8,10,12H,6-7,9H2,(H,16,17). The Kier molecular flexibility index (Phi) is 3.49. The van der Waals surface area contributed by atoms with Crippen molar-refractivity contribution < 1.29 is 4.74 Å². The molecule has 0 bridgehead atoms. The van der Waals surface area contributed by atoms with Crippen LogP contribution in [0.3, 0.4) is 0 Å². The summed E-state index contributed by atoms with van der Waals surface area (Å²) in [5.74, 6) is 3.08. The zero-order valence-corrected chi connectivity index (χ0v) is 11.2. The molecule has 2 aromatic rings. The molecule has 0 amide bonds. The van der Waals surface area contributed by atoms with Gasteiger partial charge in [0.1, 0.15) is 0 Å². The second kappa shape index (κ2) is 5.43. The van der Waals surface area contributed by atoms with Crippen LogP contribution in [-0.4, -0.2) is 18.2 Å². The fourth-order valence-electron chi connectivity index (χ4n) is 2.11. The maximum Gasteiger partial charge on any atom is 0.187 e. The fourth-order valence-corrected chi connectivity index (χ4v) is 2.92. The number of ether oxygens (including phenoxy) is 1. The van der Waals surface area contributed by atoms with Gasteiger partial charge >= 0.3 is 0 Å². The summed E-state index contributed by atoms with van der Waals surface area (Å²) in [7, 11) is 0. The highest BCUT2D eigenvalue weighted by Crippen LogP contribution is 2.29. The molecule has 4 heteroatoms. The van der Waals surface area contributed by atoms with E-state index in [2.05, 4.69) is 21.6 Å². The van der Waals surface area contributed by atoms with E-state index in [0.717, 1.165) is 41.7 Å². The normalized spacial score (nSPS) is 18.2. The minimum Gasteiger partial charge on any atom is -0.381 e. The maximum atomic E-state index is 5.39. The molecule has 1 aliphatic rings. The molecular weight excluding hydrogens is 256 g/mol. The topological polar surface area (TPSA) is 34.2 Å². The highest BCUT2D eigenvalue weighted by atomic mass is 32.1. The van der Waals surface area contributed by atoms with Gasteiger partial charge < -0.3 is 10.1 Å². The largest absolute Gasteiger partial charge is 0.381 e. The van der Waals surface area contributed by atoms with Gasteiger partial charge in [0, 0.05) is 29.2 Å². The molecule has 1 aromatic heterocycles. The van der Waals surface area contributed by atoms with Crippen molar-refractivity contribution >= 4 is 22.2 Å². The number of hydrogen-bond acceptors (Lipinski definition) is 4. The summed E-state index contributed by atoms with van der Waals surface area (Å²) in [6.07, 6.45) is 6.46. The second-order valence-electron chi connectivity index (χ2n) is 4.49. The quantitative estimate of drug-likeness (QED) is 0.868. The van der Waals surface area contributed by atoms with Crippen molar-refractivity contribution in [3.8, 4) is 12.3 Å². The number of benzene rings is 1. The van der Waals surface area contributed by atoms with E-state index in [9.17, 15) is 0 Å². The van der Waals surface area contributed by atoms with Crippen molar-refractivity contribution in [2.75, 3.05) is 18.5 Å². The summed E-state index contributed by atoms with van der Waals surface area (Å²) in [6.45, 7) is 1.63. The van der Waals surface area contributed by atoms with Gasteiger partial charge in [0.25, 0.3) is 0 Å². The molecule has 3 nitrogen and oxygen atoms in total. The number of thiazole rings is 1. The first-order valence-electron chi connectivity index (χ1n) is 6.22.